The van der Waals surface area contributed by atoms with Gasteiger partial charge in [-0.05, 0) is 69.8 Å². The number of benzene rings is 9. The first-order valence-corrected chi connectivity index (χ1v) is 18.6. The summed E-state index contributed by atoms with van der Waals surface area (Å²) in [5, 5.41) is 0. The van der Waals surface area contributed by atoms with Crippen molar-refractivity contribution in [2.24, 2.45) is 0 Å². The van der Waals surface area contributed by atoms with E-state index in [4.69, 9.17) is 0 Å². The van der Waals surface area contributed by atoms with Crippen LogP contribution < -0.4 is 4.90 Å². The second-order valence-corrected chi connectivity index (χ2v) is 12.5. The topological polar surface area (TPSA) is 3.24 Å². The predicted octanol–water partition coefficient (Wildman–Crippen LogP) is 15.2. The van der Waals surface area contributed by atoms with E-state index in [1.54, 1.807) is 0 Å². The molecule has 0 aliphatic heterocycles. The van der Waals surface area contributed by atoms with Crippen LogP contribution in [0.3, 0.4) is 0 Å². The van der Waals surface area contributed by atoms with Crippen LogP contribution in [-0.2, 0) is 0 Å². The van der Waals surface area contributed by atoms with Gasteiger partial charge in [0.25, 0.3) is 0 Å². The third-order valence-electron chi connectivity index (χ3n) is 8.69. The van der Waals surface area contributed by atoms with Crippen LogP contribution in [0.15, 0.2) is 273 Å². The molecule has 0 radical (unpaired) electrons. The second-order valence-electron chi connectivity index (χ2n) is 12.5. The van der Waals surface area contributed by atoms with E-state index in [9.17, 15) is 0 Å². The van der Waals surface area contributed by atoms with Crippen molar-refractivity contribution in [3.63, 3.8) is 0 Å². The number of rotatable bonds is 6. The molecular weight excluding hydrogens is 663 g/mol. The summed E-state index contributed by atoms with van der Waals surface area (Å²) >= 11 is 0. The number of anilines is 3. The van der Waals surface area contributed by atoms with Crippen molar-refractivity contribution in [1.29, 1.82) is 0 Å². The van der Waals surface area contributed by atoms with Crippen LogP contribution in [-0.4, -0.2) is 0 Å². The Morgan fingerprint density at radius 2 is 0.273 bits per heavy atom. The first-order valence-electron chi connectivity index (χ1n) is 18.6. The Kier molecular flexibility index (Phi) is 14.6. The van der Waals surface area contributed by atoms with Crippen molar-refractivity contribution in [1.82, 2.24) is 0 Å². The molecule has 0 atom stereocenters. The molecule has 0 aromatic heterocycles. The Morgan fingerprint density at radius 1 is 0.145 bits per heavy atom. The van der Waals surface area contributed by atoms with Gasteiger partial charge in [0.2, 0.25) is 0 Å². The molecule has 0 aliphatic carbocycles. The van der Waals surface area contributed by atoms with Crippen LogP contribution in [0.4, 0.5) is 17.1 Å². The quantitative estimate of drug-likeness (QED) is 0.166. The maximum Gasteiger partial charge on any atom is 0.0461 e. The molecule has 0 heterocycles. The lowest BCUT2D eigenvalue weighted by molar-refractivity contribution is 1.28. The van der Waals surface area contributed by atoms with Crippen LogP contribution in [0.2, 0.25) is 0 Å². The summed E-state index contributed by atoms with van der Waals surface area (Å²) < 4.78 is 0. The molecule has 1 heteroatoms. The average molecular weight is 708 g/mol. The molecule has 9 aromatic rings. The molecule has 0 amide bonds. The highest BCUT2D eigenvalue weighted by Gasteiger charge is 2.10. The minimum Gasteiger partial charge on any atom is -0.311 e. The van der Waals surface area contributed by atoms with E-state index in [1.807, 2.05) is 54.6 Å². The molecular formula is C54H45N. The maximum absolute atomic E-state index is 2.25. The molecule has 9 aromatic carbocycles. The summed E-state index contributed by atoms with van der Waals surface area (Å²) in [7, 11) is 0. The Bertz CT molecular complexity index is 1920. The largest absolute Gasteiger partial charge is 0.311 e. The van der Waals surface area contributed by atoms with Crippen LogP contribution in [0.25, 0.3) is 33.4 Å². The van der Waals surface area contributed by atoms with Crippen molar-refractivity contribution in [3.8, 4) is 33.4 Å². The van der Waals surface area contributed by atoms with E-state index >= 15 is 0 Å². The van der Waals surface area contributed by atoms with E-state index < -0.39 is 0 Å². The van der Waals surface area contributed by atoms with Gasteiger partial charge in [-0.1, -0.05) is 237 Å². The standard InChI is InChI=1S/C18H15N.3C12H10/c1-4-10-16(11-5-1)19(17-12-6-2-7-13-17)18-14-8-3-9-15-18;3*1-3-7-11(8-4-1)12-9-5-2-6-10-12/h1-15H;3*1-10H. The van der Waals surface area contributed by atoms with Gasteiger partial charge in [0.05, 0.1) is 0 Å². The van der Waals surface area contributed by atoms with Gasteiger partial charge in [-0.15, -0.1) is 0 Å². The molecule has 266 valence electrons. The molecule has 0 bridgehead atoms. The zero-order valence-corrected chi connectivity index (χ0v) is 30.9. The van der Waals surface area contributed by atoms with Gasteiger partial charge in [-0.3, -0.25) is 0 Å². The summed E-state index contributed by atoms with van der Waals surface area (Å²) in [6.45, 7) is 0. The van der Waals surface area contributed by atoms with Crippen LogP contribution in [0.1, 0.15) is 0 Å². The predicted molar refractivity (Wildman–Crippen MR) is 237 cm³/mol. The summed E-state index contributed by atoms with van der Waals surface area (Å²) in [5.41, 5.74) is 11.2. The van der Waals surface area contributed by atoms with E-state index in [0.717, 1.165) is 0 Å². The summed E-state index contributed by atoms with van der Waals surface area (Å²) in [4.78, 5) is 2.25. The molecule has 0 saturated heterocycles. The summed E-state index contributed by atoms with van der Waals surface area (Å²) in [6.07, 6.45) is 0. The second kappa shape index (κ2) is 21.3. The first-order chi connectivity index (χ1) is 27.3. The van der Waals surface area contributed by atoms with E-state index in [0.29, 0.717) is 0 Å². The van der Waals surface area contributed by atoms with Crippen molar-refractivity contribution in [3.05, 3.63) is 273 Å². The van der Waals surface area contributed by atoms with Crippen molar-refractivity contribution >= 4 is 17.1 Å². The number of hydrogen-bond donors (Lipinski definition) is 0. The number of para-hydroxylation sites is 3. The fourth-order valence-electron chi connectivity index (χ4n) is 5.96. The molecule has 9 rings (SSSR count). The zero-order chi connectivity index (χ0) is 37.6. The molecule has 0 N–H and O–H groups in total. The fourth-order valence-corrected chi connectivity index (χ4v) is 5.96. The van der Waals surface area contributed by atoms with Gasteiger partial charge in [-0.2, -0.15) is 0 Å². The smallest absolute Gasteiger partial charge is 0.0461 e. The first kappa shape index (κ1) is 37.5. The van der Waals surface area contributed by atoms with E-state index in [2.05, 4.69) is 223 Å². The van der Waals surface area contributed by atoms with Gasteiger partial charge in [0.15, 0.2) is 0 Å². The Balaban J connectivity index is 0.000000128. The van der Waals surface area contributed by atoms with Crippen LogP contribution in [0.5, 0.6) is 0 Å². The molecule has 0 spiro atoms. The van der Waals surface area contributed by atoms with E-state index in [-0.39, 0.29) is 0 Å². The van der Waals surface area contributed by atoms with E-state index in [1.165, 1.54) is 50.4 Å². The van der Waals surface area contributed by atoms with Gasteiger partial charge < -0.3 is 4.90 Å². The van der Waals surface area contributed by atoms with Crippen LogP contribution in [0, 0.1) is 0 Å². The normalized spacial score (nSPS) is 9.82. The van der Waals surface area contributed by atoms with Crippen molar-refractivity contribution in [2.75, 3.05) is 4.90 Å². The lowest BCUT2D eigenvalue weighted by Crippen LogP contribution is -2.09. The molecule has 0 unspecified atom stereocenters. The highest BCUT2D eigenvalue weighted by Crippen LogP contribution is 2.33. The average Bonchev–Trinajstić information content (AvgIpc) is 3.30. The molecule has 55 heavy (non-hydrogen) atoms. The Morgan fingerprint density at radius 3 is 0.418 bits per heavy atom. The van der Waals surface area contributed by atoms with Gasteiger partial charge in [0, 0.05) is 17.1 Å². The highest BCUT2D eigenvalue weighted by molar-refractivity contribution is 5.76. The Hall–Kier alpha value is -7.22. The van der Waals surface area contributed by atoms with Gasteiger partial charge in [-0.25, -0.2) is 0 Å². The van der Waals surface area contributed by atoms with Crippen molar-refractivity contribution in [2.45, 2.75) is 0 Å². The molecule has 0 saturated carbocycles. The minimum absolute atomic E-state index is 1.17. The lowest BCUT2D eigenvalue weighted by atomic mass is 10.1. The SMILES string of the molecule is c1ccc(-c2ccccc2)cc1.c1ccc(-c2ccccc2)cc1.c1ccc(-c2ccccc2)cc1.c1ccc(N(c2ccccc2)c2ccccc2)cc1. The Labute approximate surface area is 327 Å². The van der Waals surface area contributed by atoms with Gasteiger partial charge >= 0.3 is 0 Å². The number of nitrogens with zero attached hydrogens (tertiary/aromatic N) is 1. The zero-order valence-electron chi connectivity index (χ0n) is 30.9. The summed E-state index contributed by atoms with van der Waals surface area (Å²) in [6, 6.07) is 93.6. The molecule has 0 aliphatic rings. The number of hydrogen-bond acceptors (Lipinski definition) is 1. The third kappa shape index (κ3) is 11.9. The summed E-state index contributed by atoms with van der Waals surface area (Å²) in [5.74, 6) is 0. The minimum atomic E-state index is 1.17. The molecule has 1 nitrogen and oxygen atoms in total. The van der Waals surface area contributed by atoms with Crippen molar-refractivity contribution < 1.29 is 0 Å². The fraction of sp³-hybridized carbons (Fsp3) is 0. The molecule has 0 fully saturated rings. The third-order valence-corrected chi connectivity index (χ3v) is 8.69. The maximum atomic E-state index is 2.25. The lowest BCUT2D eigenvalue weighted by Gasteiger charge is -2.25. The monoisotopic (exact) mass is 707 g/mol. The van der Waals surface area contributed by atoms with Gasteiger partial charge in [0.1, 0.15) is 0 Å². The highest BCUT2D eigenvalue weighted by atomic mass is 15.1. The van der Waals surface area contributed by atoms with Crippen LogP contribution >= 0.6 is 0 Å².